The molecule has 2 aromatic rings. The molecule has 0 aliphatic carbocycles. The number of hydrogen-bond acceptors (Lipinski definition) is 4. The van der Waals surface area contributed by atoms with Crippen molar-refractivity contribution in [3.05, 3.63) is 42.0 Å². The average Bonchev–Trinajstić information content (AvgIpc) is 2.85. The molecular weight excluding hydrogens is 246 g/mol. The van der Waals surface area contributed by atoms with Crippen LogP contribution in [-0.4, -0.2) is 26.7 Å². The van der Waals surface area contributed by atoms with Crippen molar-refractivity contribution in [1.82, 2.24) is 14.9 Å². The Hall–Kier alpha value is -2.70. The lowest BCUT2D eigenvalue weighted by Gasteiger charge is -2.09. The van der Waals surface area contributed by atoms with Gasteiger partial charge in [-0.15, -0.1) is 10.2 Å². The van der Waals surface area contributed by atoms with E-state index in [2.05, 4.69) is 20.9 Å². The van der Waals surface area contributed by atoms with Crippen molar-refractivity contribution in [1.29, 1.82) is 0 Å². The summed E-state index contributed by atoms with van der Waals surface area (Å²) in [5.41, 5.74) is 4.90. The Kier molecular flexibility index (Phi) is 3.56. The predicted molar refractivity (Wildman–Crippen MR) is 68.9 cm³/mol. The van der Waals surface area contributed by atoms with Crippen LogP contribution in [0.3, 0.4) is 0 Å². The van der Waals surface area contributed by atoms with E-state index >= 15 is 0 Å². The van der Waals surface area contributed by atoms with Crippen LogP contribution in [0, 0.1) is 13.8 Å². The zero-order chi connectivity index (χ0) is 13.8. The molecule has 0 bridgehead atoms. The minimum atomic E-state index is -0.792. The van der Waals surface area contributed by atoms with E-state index in [1.807, 2.05) is 26.0 Å². The van der Waals surface area contributed by atoms with Crippen molar-refractivity contribution in [2.45, 2.75) is 13.8 Å². The van der Waals surface area contributed by atoms with E-state index in [9.17, 15) is 9.59 Å². The van der Waals surface area contributed by atoms with Gasteiger partial charge in [0.05, 0.1) is 0 Å². The molecule has 2 amide bonds. The molecule has 2 rings (SSSR count). The van der Waals surface area contributed by atoms with Gasteiger partial charge in [-0.05, 0) is 25.5 Å². The maximum atomic E-state index is 11.7. The highest BCUT2D eigenvalue weighted by Crippen LogP contribution is 2.15. The number of rotatable bonds is 2. The van der Waals surface area contributed by atoms with Gasteiger partial charge in [0.2, 0.25) is 0 Å². The number of anilines is 1. The minimum Gasteiger partial charge on any atom is -0.317 e. The van der Waals surface area contributed by atoms with Crippen LogP contribution in [-0.2, 0) is 9.59 Å². The first-order chi connectivity index (χ1) is 9.06. The summed E-state index contributed by atoms with van der Waals surface area (Å²) in [6.07, 6.45) is 2.56. The highest BCUT2D eigenvalue weighted by atomic mass is 16.2. The Morgan fingerprint density at radius 1 is 1.11 bits per heavy atom. The predicted octanol–water partition coefficient (Wildman–Crippen LogP) is 0.604. The molecule has 7 nitrogen and oxygen atoms in total. The quantitative estimate of drug-likeness (QED) is 0.773. The van der Waals surface area contributed by atoms with Gasteiger partial charge in [0.1, 0.15) is 12.7 Å². The molecule has 1 aromatic carbocycles. The largest absolute Gasteiger partial charge is 0.328 e. The van der Waals surface area contributed by atoms with Crippen molar-refractivity contribution in [3.63, 3.8) is 0 Å². The van der Waals surface area contributed by atoms with Gasteiger partial charge in [0, 0.05) is 5.69 Å². The zero-order valence-corrected chi connectivity index (χ0v) is 10.5. The fraction of sp³-hybridized carbons (Fsp3) is 0.167. The van der Waals surface area contributed by atoms with Crippen molar-refractivity contribution in [2.75, 3.05) is 10.7 Å². The van der Waals surface area contributed by atoms with Crippen LogP contribution in [0.4, 0.5) is 5.69 Å². The fourth-order valence-electron chi connectivity index (χ4n) is 1.56. The van der Waals surface area contributed by atoms with Crippen LogP contribution < -0.4 is 10.7 Å². The lowest BCUT2D eigenvalue weighted by molar-refractivity contribution is -0.133. The van der Waals surface area contributed by atoms with Gasteiger partial charge >= 0.3 is 11.8 Å². The molecule has 0 atom stereocenters. The number of nitrogens with one attached hydrogen (secondary N) is 2. The summed E-state index contributed by atoms with van der Waals surface area (Å²) < 4.78 is 1.20. The third kappa shape index (κ3) is 3.15. The first kappa shape index (κ1) is 12.7. The topological polar surface area (TPSA) is 88.9 Å². The molecule has 7 heteroatoms. The lowest BCUT2D eigenvalue weighted by atomic mass is 10.1. The van der Waals surface area contributed by atoms with Gasteiger partial charge in [-0.2, -0.15) is 0 Å². The normalized spacial score (nSPS) is 10.0. The molecule has 0 aliphatic heterocycles. The van der Waals surface area contributed by atoms with Gasteiger partial charge < -0.3 is 5.32 Å². The Morgan fingerprint density at radius 2 is 1.79 bits per heavy atom. The van der Waals surface area contributed by atoms with Crippen LogP contribution in [0.2, 0.25) is 0 Å². The summed E-state index contributed by atoms with van der Waals surface area (Å²) in [7, 11) is 0. The van der Waals surface area contributed by atoms with Gasteiger partial charge in [-0.1, -0.05) is 17.7 Å². The minimum absolute atomic E-state index is 0.606. The second-order valence-corrected chi connectivity index (χ2v) is 4.08. The van der Waals surface area contributed by atoms with E-state index in [0.29, 0.717) is 5.69 Å². The molecule has 0 aliphatic rings. The maximum Gasteiger partial charge on any atom is 0.328 e. The highest BCUT2D eigenvalue weighted by molar-refractivity contribution is 6.42. The number of hydrogen-bond donors (Lipinski definition) is 2. The van der Waals surface area contributed by atoms with E-state index in [-0.39, 0.29) is 0 Å². The molecule has 0 spiro atoms. The molecule has 1 heterocycles. The monoisotopic (exact) mass is 259 g/mol. The van der Waals surface area contributed by atoms with Crippen molar-refractivity contribution < 1.29 is 9.59 Å². The molecular formula is C12H13N5O2. The molecule has 98 valence electrons. The van der Waals surface area contributed by atoms with E-state index < -0.39 is 11.8 Å². The number of carbonyl (C=O) groups excluding carboxylic acids is 2. The molecule has 0 radical (unpaired) electrons. The lowest BCUT2D eigenvalue weighted by Crippen LogP contribution is -2.33. The average molecular weight is 259 g/mol. The Labute approximate surface area is 109 Å². The van der Waals surface area contributed by atoms with Crippen molar-refractivity contribution >= 4 is 17.5 Å². The van der Waals surface area contributed by atoms with Crippen molar-refractivity contribution in [2.24, 2.45) is 0 Å². The molecule has 2 N–H and O–H groups in total. The Morgan fingerprint density at radius 3 is 2.42 bits per heavy atom. The van der Waals surface area contributed by atoms with Gasteiger partial charge in [-0.3, -0.25) is 15.0 Å². The molecule has 19 heavy (non-hydrogen) atoms. The van der Waals surface area contributed by atoms with E-state index in [0.717, 1.165) is 11.1 Å². The van der Waals surface area contributed by atoms with Crippen LogP contribution in [0.1, 0.15) is 11.1 Å². The Balaban J connectivity index is 2.02. The molecule has 0 unspecified atom stereocenters. The van der Waals surface area contributed by atoms with E-state index in [1.54, 1.807) is 6.07 Å². The van der Waals surface area contributed by atoms with Crippen LogP contribution in [0.5, 0.6) is 0 Å². The van der Waals surface area contributed by atoms with E-state index in [1.165, 1.54) is 17.3 Å². The van der Waals surface area contributed by atoms with E-state index in [4.69, 9.17) is 0 Å². The number of amides is 2. The second kappa shape index (κ2) is 5.30. The Bertz CT molecular complexity index is 607. The first-order valence-corrected chi connectivity index (χ1v) is 5.60. The van der Waals surface area contributed by atoms with Crippen LogP contribution in [0.25, 0.3) is 0 Å². The summed E-state index contributed by atoms with van der Waals surface area (Å²) in [5, 5.41) is 9.56. The molecule has 0 saturated carbocycles. The van der Waals surface area contributed by atoms with Crippen molar-refractivity contribution in [3.8, 4) is 0 Å². The SMILES string of the molecule is Cc1ccc(NC(=O)C(=O)Nn2cnnc2)c(C)c1. The van der Waals surface area contributed by atoms with Gasteiger partial charge in [0.15, 0.2) is 0 Å². The fourth-order valence-corrected chi connectivity index (χ4v) is 1.56. The maximum absolute atomic E-state index is 11.7. The summed E-state index contributed by atoms with van der Waals surface area (Å²) >= 11 is 0. The first-order valence-electron chi connectivity index (χ1n) is 5.60. The summed E-state index contributed by atoms with van der Waals surface area (Å²) in [5.74, 6) is -1.54. The second-order valence-electron chi connectivity index (χ2n) is 4.08. The third-order valence-corrected chi connectivity index (χ3v) is 2.49. The standard InChI is InChI=1S/C12H13N5O2/c1-8-3-4-10(9(2)5-8)15-11(18)12(19)16-17-6-13-14-7-17/h3-7H,1-2H3,(H,15,18)(H,16,19). The highest BCUT2D eigenvalue weighted by Gasteiger charge is 2.14. The number of carbonyl (C=O) groups is 2. The third-order valence-electron chi connectivity index (χ3n) is 2.49. The summed E-state index contributed by atoms with van der Waals surface area (Å²) in [4.78, 5) is 23.3. The number of benzene rings is 1. The smallest absolute Gasteiger partial charge is 0.317 e. The zero-order valence-electron chi connectivity index (χ0n) is 10.5. The van der Waals surface area contributed by atoms with Crippen LogP contribution >= 0.6 is 0 Å². The van der Waals surface area contributed by atoms with Gasteiger partial charge in [-0.25, -0.2) is 4.68 Å². The number of nitrogens with zero attached hydrogens (tertiary/aromatic N) is 3. The summed E-state index contributed by atoms with van der Waals surface area (Å²) in [6, 6.07) is 5.54. The van der Waals surface area contributed by atoms with Gasteiger partial charge in [0.25, 0.3) is 0 Å². The van der Waals surface area contributed by atoms with Crippen LogP contribution in [0.15, 0.2) is 30.9 Å². The molecule has 0 saturated heterocycles. The number of aromatic nitrogens is 3. The molecule has 1 aromatic heterocycles. The summed E-state index contributed by atoms with van der Waals surface area (Å²) in [6.45, 7) is 3.82. The number of aryl methyl sites for hydroxylation is 2. The molecule has 0 fully saturated rings.